The molecule has 9 heteroatoms. The van der Waals surface area contributed by atoms with E-state index in [9.17, 15) is 24.1 Å². The minimum atomic E-state index is -1.41. The van der Waals surface area contributed by atoms with E-state index in [1.54, 1.807) is 0 Å². The van der Waals surface area contributed by atoms with E-state index in [-0.39, 0.29) is 6.42 Å². The highest BCUT2D eigenvalue weighted by Gasteiger charge is 2.23. The predicted molar refractivity (Wildman–Crippen MR) is 63.6 cm³/mol. The average Bonchev–Trinajstić information content (AvgIpc) is 2.38. The van der Waals surface area contributed by atoms with Crippen LogP contribution in [0.2, 0.25) is 0 Å². The van der Waals surface area contributed by atoms with Crippen LogP contribution in [-0.4, -0.2) is 39.7 Å². The molecule has 0 bridgehead atoms. The monoisotopic (exact) mass is 286 g/mol. The summed E-state index contributed by atoms with van der Waals surface area (Å²) in [5.41, 5.74) is -1.13. The summed E-state index contributed by atoms with van der Waals surface area (Å²) in [4.78, 5) is 32.2. The molecule has 0 unspecified atom stereocenters. The fourth-order valence-corrected chi connectivity index (χ4v) is 1.42. The number of halogens is 1. The topological polar surface area (TPSA) is 130 Å². The van der Waals surface area contributed by atoms with Gasteiger partial charge in [0.2, 0.25) is 0 Å². The van der Waals surface area contributed by atoms with Gasteiger partial charge in [-0.15, -0.1) is 0 Å². The fourth-order valence-electron chi connectivity index (χ4n) is 1.42. The molecule has 1 aromatic carbocycles. The van der Waals surface area contributed by atoms with E-state index >= 15 is 0 Å². The van der Waals surface area contributed by atoms with Crippen LogP contribution in [0.5, 0.6) is 0 Å². The van der Waals surface area contributed by atoms with Gasteiger partial charge in [-0.05, 0) is 6.07 Å². The molecule has 3 N–H and O–H groups in total. The lowest BCUT2D eigenvalue weighted by atomic mass is 10.1. The van der Waals surface area contributed by atoms with Gasteiger partial charge in [0.25, 0.3) is 11.6 Å². The van der Waals surface area contributed by atoms with E-state index in [0.717, 1.165) is 12.1 Å². The van der Waals surface area contributed by atoms with Crippen molar-refractivity contribution in [2.45, 2.75) is 12.5 Å². The van der Waals surface area contributed by atoms with Gasteiger partial charge in [0.05, 0.1) is 10.5 Å². The Labute approximate surface area is 112 Å². The number of hydrogen-bond donors (Lipinski definition) is 3. The third kappa shape index (κ3) is 3.72. The molecule has 8 nitrogen and oxygen atoms in total. The Morgan fingerprint density at radius 1 is 1.45 bits per heavy atom. The summed E-state index contributed by atoms with van der Waals surface area (Å²) in [5.74, 6) is -3.52. The number of carboxylic acids is 1. The molecule has 20 heavy (non-hydrogen) atoms. The Hall–Kier alpha value is -2.55. The van der Waals surface area contributed by atoms with Gasteiger partial charge in [-0.1, -0.05) is 0 Å². The van der Waals surface area contributed by atoms with Crippen molar-refractivity contribution in [3.8, 4) is 0 Å². The second-order valence-electron chi connectivity index (χ2n) is 3.80. The van der Waals surface area contributed by atoms with E-state index in [1.165, 1.54) is 0 Å². The van der Waals surface area contributed by atoms with Gasteiger partial charge < -0.3 is 15.5 Å². The summed E-state index contributed by atoms with van der Waals surface area (Å²) in [6, 6.07) is 0.928. The van der Waals surface area contributed by atoms with Crippen LogP contribution >= 0.6 is 0 Å². The summed E-state index contributed by atoms with van der Waals surface area (Å²) in [7, 11) is 0. The molecule has 0 saturated heterocycles. The van der Waals surface area contributed by atoms with Crippen molar-refractivity contribution in [3.05, 3.63) is 39.7 Å². The zero-order valence-electron chi connectivity index (χ0n) is 10.1. The molecule has 0 radical (unpaired) electrons. The minimum Gasteiger partial charge on any atom is -0.480 e. The van der Waals surface area contributed by atoms with E-state index < -0.39 is 46.5 Å². The minimum absolute atomic E-state index is 0.266. The molecule has 1 amide bonds. The molecule has 0 aliphatic heterocycles. The number of nitrogens with zero attached hydrogens (tertiary/aromatic N) is 1. The van der Waals surface area contributed by atoms with Crippen molar-refractivity contribution >= 4 is 17.6 Å². The van der Waals surface area contributed by atoms with Crippen molar-refractivity contribution < 1.29 is 29.1 Å². The number of nitrogens with one attached hydrogen (secondary N) is 1. The summed E-state index contributed by atoms with van der Waals surface area (Å²) in [5, 5.41) is 30.0. The van der Waals surface area contributed by atoms with Crippen LogP contribution in [0, 0.1) is 15.9 Å². The van der Waals surface area contributed by atoms with Gasteiger partial charge in [-0.2, -0.15) is 0 Å². The molecule has 0 aliphatic rings. The summed E-state index contributed by atoms with van der Waals surface area (Å²) < 4.78 is 13.4. The average molecular weight is 286 g/mol. The van der Waals surface area contributed by atoms with Crippen molar-refractivity contribution in [3.63, 3.8) is 0 Å². The van der Waals surface area contributed by atoms with Crippen molar-refractivity contribution in [1.82, 2.24) is 5.32 Å². The Bertz CT molecular complexity index is 548. The summed E-state index contributed by atoms with van der Waals surface area (Å²) in [6.07, 6.45) is -0.266. The Morgan fingerprint density at radius 3 is 2.60 bits per heavy atom. The number of carbonyl (C=O) groups excluding carboxylic acids is 1. The van der Waals surface area contributed by atoms with Gasteiger partial charge in [0.15, 0.2) is 0 Å². The Balaban J connectivity index is 2.99. The second-order valence-corrected chi connectivity index (χ2v) is 3.80. The van der Waals surface area contributed by atoms with Gasteiger partial charge in [0, 0.05) is 25.2 Å². The zero-order chi connectivity index (χ0) is 15.3. The normalized spacial score (nSPS) is 11.7. The van der Waals surface area contributed by atoms with Gasteiger partial charge in [-0.25, -0.2) is 9.18 Å². The SMILES string of the molecule is O=C(N[C@H](CCO)C(=O)O)c1cc([N+](=O)[O-])ccc1F. The maximum atomic E-state index is 13.4. The number of aliphatic hydroxyl groups is 1. The molecule has 0 fully saturated rings. The number of carbonyl (C=O) groups is 2. The fraction of sp³-hybridized carbons (Fsp3) is 0.273. The number of rotatable bonds is 6. The lowest BCUT2D eigenvalue weighted by molar-refractivity contribution is -0.384. The van der Waals surface area contributed by atoms with E-state index in [2.05, 4.69) is 0 Å². The van der Waals surface area contributed by atoms with E-state index in [0.29, 0.717) is 6.07 Å². The summed E-state index contributed by atoms with van der Waals surface area (Å²) in [6.45, 7) is -0.491. The summed E-state index contributed by atoms with van der Waals surface area (Å²) >= 11 is 0. The number of non-ortho nitro benzene ring substituents is 1. The number of aliphatic carboxylic acids is 1. The molecule has 0 aliphatic carbocycles. The largest absolute Gasteiger partial charge is 0.480 e. The van der Waals surface area contributed by atoms with Crippen LogP contribution in [0.15, 0.2) is 18.2 Å². The van der Waals surface area contributed by atoms with Crippen LogP contribution in [0.4, 0.5) is 10.1 Å². The molecule has 1 aromatic rings. The standard InChI is InChI=1S/C11H11FN2O6/c12-8-2-1-6(14(19)20)5-7(8)10(16)13-9(3-4-15)11(17)18/h1-2,5,9,15H,3-4H2,(H,13,16)(H,17,18)/t9-/m1/s1. The number of hydrogen-bond acceptors (Lipinski definition) is 5. The molecule has 0 saturated carbocycles. The smallest absolute Gasteiger partial charge is 0.326 e. The highest BCUT2D eigenvalue weighted by molar-refractivity contribution is 5.97. The maximum absolute atomic E-state index is 13.4. The van der Waals surface area contributed by atoms with E-state index in [1.807, 2.05) is 5.32 Å². The number of nitro benzene ring substituents is 1. The lowest BCUT2D eigenvalue weighted by Gasteiger charge is -2.13. The number of benzene rings is 1. The highest BCUT2D eigenvalue weighted by Crippen LogP contribution is 2.17. The van der Waals surface area contributed by atoms with Gasteiger partial charge in [-0.3, -0.25) is 14.9 Å². The highest BCUT2D eigenvalue weighted by atomic mass is 19.1. The van der Waals surface area contributed by atoms with Crippen LogP contribution in [0.1, 0.15) is 16.8 Å². The zero-order valence-corrected chi connectivity index (χ0v) is 10.1. The third-order valence-electron chi connectivity index (χ3n) is 2.43. The third-order valence-corrected chi connectivity index (χ3v) is 2.43. The van der Waals surface area contributed by atoms with Crippen LogP contribution in [-0.2, 0) is 4.79 Å². The first-order chi connectivity index (χ1) is 9.36. The first-order valence-electron chi connectivity index (χ1n) is 5.45. The first-order valence-corrected chi connectivity index (χ1v) is 5.45. The Kier molecular flexibility index (Phi) is 5.09. The van der Waals surface area contributed by atoms with Crippen LogP contribution in [0.25, 0.3) is 0 Å². The van der Waals surface area contributed by atoms with Crippen molar-refractivity contribution in [2.24, 2.45) is 0 Å². The number of amides is 1. The first kappa shape index (κ1) is 15.5. The Morgan fingerprint density at radius 2 is 2.10 bits per heavy atom. The predicted octanol–water partition coefficient (Wildman–Crippen LogP) is 0.299. The van der Waals surface area contributed by atoms with Gasteiger partial charge >= 0.3 is 5.97 Å². The second kappa shape index (κ2) is 6.57. The number of aliphatic hydroxyl groups excluding tert-OH is 1. The molecular weight excluding hydrogens is 275 g/mol. The number of carboxylic acid groups (broad SMARTS) is 1. The lowest BCUT2D eigenvalue weighted by Crippen LogP contribution is -2.41. The quantitative estimate of drug-likeness (QED) is 0.509. The molecule has 1 atom stereocenters. The van der Waals surface area contributed by atoms with Crippen LogP contribution in [0.3, 0.4) is 0 Å². The maximum Gasteiger partial charge on any atom is 0.326 e. The molecular formula is C11H11FN2O6. The molecule has 0 heterocycles. The van der Waals surface area contributed by atoms with Crippen LogP contribution < -0.4 is 5.32 Å². The van der Waals surface area contributed by atoms with Gasteiger partial charge in [0.1, 0.15) is 11.9 Å². The molecule has 1 rings (SSSR count). The molecule has 108 valence electrons. The van der Waals surface area contributed by atoms with Crippen molar-refractivity contribution in [1.29, 1.82) is 0 Å². The number of nitro groups is 1. The molecule has 0 aromatic heterocycles. The van der Waals surface area contributed by atoms with Crippen molar-refractivity contribution in [2.75, 3.05) is 6.61 Å². The molecule has 0 spiro atoms. The van der Waals surface area contributed by atoms with E-state index in [4.69, 9.17) is 10.2 Å².